The van der Waals surface area contributed by atoms with Crippen LogP contribution in [0.5, 0.6) is 0 Å². The van der Waals surface area contributed by atoms with Gasteiger partial charge in [-0.05, 0) is 38.5 Å². The summed E-state index contributed by atoms with van der Waals surface area (Å²) < 4.78 is 41.4. The molecule has 17 heavy (non-hydrogen) atoms. The molecule has 1 aliphatic rings. The smallest absolute Gasteiger partial charge is 0.378 e. The molecule has 3 N–H and O–H groups in total. The van der Waals surface area contributed by atoms with Crippen LogP contribution in [0.3, 0.4) is 0 Å². The summed E-state index contributed by atoms with van der Waals surface area (Å²) in [4.78, 5) is 0. The molecule has 0 spiro atoms. The summed E-state index contributed by atoms with van der Waals surface area (Å²) in [6, 6.07) is -0.0402. The lowest BCUT2D eigenvalue weighted by molar-refractivity contribution is -0.135. The quantitative estimate of drug-likeness (QED) is 0.542. The molecule has 1 aliphatic heterocycles. The van der Waals surface area contributed by atoms with Crippen molar-refractivity contribution >= 4 is 0 Å². The Hall–Kier alpha value is -0.330. The molecule has 102 valence electrons. The third kappa shape index (κ3) is 6.85. The van der Waals surface area contributed by atoms with Crippen LogP contribution in [0.2, 0.25) is 0 Å². The van der Waals surface area contributed by atoms with E-state index in [1.54, 1.807) is 0 Å². The summed E-state index contributed by atoms with van der Waals surface area (Å²) in [5, 5.41) is 0. The van der Waals surface area contributed by atoms with Crippen LogP contribution >= 0.6 is 0 Å². The second kappa shape index (κ2) is 7.18. The van der Waals surface area contributed by atoms with Gasteiger partial charge in [-0.15, -0.1) is 0 Å². The topological polar surface area (TPSA) is 47.3 Å². The first-order valence-corrected chi connectivity index (χ1v) is 6.16. The maximum atomic E-state index is 12.0. The van der Waals surface area contributed by atoms with E-state index in [0.717, 1.165) is 32.3 Å². The van der Waals surface area contributed by atoms with Gasteiger partial charge in [0.2, 0.25) is 0 Å². The largest absolute Gasteiger partial charge is 0.389 e. The summed E-state index contributed by atoms with van der Waals surface area (Å²) in [5.41, 5.74) is 2.59. The molecule has 0 aliphatic carbocycles. The Morgan fingerprint density at radius 3 is 2.65 bits per heavy atom. The lowest BCUT2D eigenvalue weighted by Gasteiger charge is -2.18. The highest BCUT2D eigenvalue weighted by molar-refractivity contribution is 4.71. The van der Waals surface area contributed by atoms with Gasteiger partial charge in [-0.25, -0.2) is 0 Å². The molecule has 0 aromatic carbocycles. The molecule has 1 rings (SSSR count). The van der Waals surface area contributed by atoms with Crippen molar-refractivity contribution in [3.8, 4) is 0 Å². The van der Waals surface area contributed by atoms with Crippen LogP contribution in [0, 0.1) is 0 Å². The van der Waals surface area contributed by atoms with Gasteiger partial charge in [0.05, 0.1) is 6.10 Å². The Labute approximate surface area is 99.9 Å². The van der Waals surface area contributed by atoms with Gasteiger partial charge in [0.25, 0.3) is 0 Å². The zero-order chi connectivity index (χ0) is 12.7. The van der Waals surface area contributed by atoms with Gasteiger partial charge in [-0.3, -0.25) is 11.3 Å². The van der Waals surface area contributed by atoms with Gasteiger partial charge < -0.3 is 4.74 Å². The van der Waals surface area contributed by atoms with Crippen molar-refractivity contribution in [3.05, 3.63) is 0 Å². The number of alkyl halides is 3. The summed E-state index contributed by atoms with van der Waals surface area (Å²) >= 11 is 0. The maximum absolute atomic E-state index is 12.0. The van der Waals surface area contributed by atoms with Crippen LogP contribution in [-0.4, -0.2) is 24.9 Å². The van der Waals surface area contributed by atoms with E-state index in [-0.39, 0.29) is 18.6 Å². The fourth-order valence-electron chi connectivity index (χ4n) is 2.12. The summed E-state index contributed by atoms with van der Waals surface area (Å²) in [6.45, 7) is 0.805. The molecule has 0 bridgehead atoms. The molecule has 0 aromatic heterocycles. The molecule has 1 fully saturated rings. The molecule has 1 saturated heterocycles. The van der Waals surface area contributed by atoms with E-state index < -0.39 is 12.6 Å². The van der Waals surface area contributed by atoms with E-state index in [1.807, 2.05) is 0 Å². The average Bonchev–Trinajstić information content (AvgIpc) is 2.74. The fraction of sp³-hybridized carbons (Fsp3) is 1.00. The number of hydrogen-bond donors (Lipinski definition) is 2. The molecule has 1 heterocycles. The van der Waals surface area contributed by atoms with Crippen LogP contribution in [0.25, 0.3) is 0 Å². The van der Waals surface area contributed by atoms with Crippen LogP contribution in [0.1, 0.15) is 44.9 Å². The highest BCUT2D eigenvalue weighted by atomic mass is 19.4. The van der Waals surface area contributed by atoms with Crippen LogP contribution in [0.15, 0.2) is 0 Å². The van der Waals surface area contributed by atoms with Gasteiger partial charge in [-0.1, -0.05) is 0 Å². The lowest BCUT2D eigenvalue weighted by atomic mass is 10.0. The first kappa shape index (κ1) is 14.7. The fourth-order valence-corrected chi connectivity index (χ4v) is 2.12. The third-order valence-electron chi connectivity index (χ3n) is 3.11. The lowest BCUT2D eigenvalue weighted by Crippen LogP contribution is -2.35. The Morgan fingerprint density at radius 1 is 1.35 bits per heavy atom. The Morgan fingerprint density at radius 2 is 2.12 bits per heavy atom. The highest BCUT2D eigenvalue weighted by Gasteiger charge is 2.26. The molecule has 2 unspecified atom stereocenters. The minimum atomic E-state index is -4.06. The third-order valence-corrected chi connectivity index (χ3v) is 3.11. The molecule has 2 atom stereocenters. The van der Waals surface area contributed by atoms with Gasteiger partial charge in [0, 0.05) is 19.1 Å². The summed E-state index contributed by atoms with van der Waals surface area (Å²) in [7, 11) is 0. The highest BCUT2D eigenvalue weighted by Crippen LogP contribution is 2.24. The predicted octanol–water partition coefficient (Wildman–Crippen LogP) is 2.51. The Kier molecular flexibility index (Phi) is 6.22. The van der Waals surface area contributed by atoms with E-state index in [1.165, 1.54) is 0 Å². The molecule has 0 aromatic rings. The summed E-state index contributed by atoms with van der Waals surface area (Å²) in [6.07, 6.45) is -0.140. The van der Waals surface area contributed by atoms with E-state index in [2.05, 4.69) is 5.43 Å². The van der Waals surface area contributed by atoms with E-state index in [9.17, 15) is 13.2 Å². The van der Waals surface area contributed by atoms with Crippen molar-refractivity contribution < 1.29 is 17.9 Å². The number of hydrazine groups is 1. The molecular formula is C11H21F3N2O. The number of ether oxygens (including phenoxy) is 1. The second-order valence-electron chi connectivity index (χ2n) is 4.58. The van der Waals surface area contributed by atoms with Gasteiger partial charge in [0.1, 0.15) is 0 Å². The maximum Gasteiger partial charge on any atom is 0.389 e. The normalized spacial score (nSPS) is 22.9. The zero-order valence-corrected chi connectivity index (χ0v) is 9.93. The van der Waals surface area contributed by atoms with E-state index in [0.29, 0.717) is 6.42 Å². The SMILES string of the molecule is NNC(CCCC(F)(F)F)CCC1CCCO1. The molecule has 0 saturated carbocycles. The number of halogens is 3. The van der Waals surface area contributed by atoms with Crippen molar-refractivity contribution in [2.24, 2.45) is 5.84 Å². The standard InChI is InChI=1S/C11H21F3N2O/c12-11(13,14)7-1-3-9(16-15)5-6-10-4-2-8-17-10/h9-10,16H,1-8,15H2. The van der Waals surface area contributed by atoms with Crippen molar-refractivity contribution in [3.63, 3.8) is 0 Å². The van der Waals surface area contributed by atoms with Crippen molar-refractivity contribution in [2.45, 2.75) is 63.3 Å². The monoisotopic (exact) mass is 254 g/mol. The minimum absolute atomic E-state index is 0.0402. The number of hydrogen-bond acceptors (Lipinski definition) is 3. The summed E-state index contributed by atoms with van der Waals surface area (Å²) in [5.74, 6) is 5.34. The number of nitrogens with one attached hydrogen (secondary N) is 1. The Balaban J connectivity index is 2.10. The first-order valence-electron chi connectivity index (χ1n) is 6.16. The van der Waals surface area contributed by atoms with Crippen LogP contribution in [-0.2, 0) is 4.74 Å². The minimum Gasteiger partial charge on any atom is -0.378 e. The molecule has 3 nitrogen and oxygen atoms in total. The zero-order valence-electron chi connectivity index (χ0n) is 9.93. The second-order valence-corrected chi connectivity index (χ2v) is 4.58. The predicted molar refractivity (Wildman–Crippen MR) is 59.2 cm³/mol. The van der Waals surface area contributed by atoms with Crippen molar-refractivity contribution in [1.29, 1.82) is 0 Å². The molecule has 0 radical (unpaired) electrons. The molecule has 0 amide bonds. The van der Waals surface area contributed by atoms with E-state index in [4.69, 9.17) is 10.6 Å². The van der Waals surface area contributed by atoms with Gasteiger partial charge >= 0.3 is 6.18 Å². The van der Waals surface area contributed by atoms with Crippen molar-refractivity contribution in [1.82, 2.24) is 5.43 Å². The average molecular weight is 254 g/mol. The van der Waals surface area contributed by atoms with E-state index >= 15 is 0 Å². The molecule has 6 heteroatoms. The Bertz CT molecular complexity index is 205. The van der Waals surface area contributed by atoms with Crippen molar-refractivity contribution in [2.75, 3.05) is 6.61 Å². The molecular weight excluding hydrogens is 233 g/mol. The van der Waals surface area contributed by atoms with Crippen LogP contribution < -0.4 is 11.3 Å². The van der Waals surface area contributed by atoms with Gasteiger partial charge in [0.15, 0.2) is 0 Å². The number of nitrogens with two attached hydrogens (primary N) is 1. The van der Waals surface area contributed by atoms with Gasteiger partial charge in [-0.2, -0.15) is 13.2 Å². The first-order chi connectivity index (χ1) is 8.01. The van der Waals surface area contributed by atoms with Crippen LogP contribution in [0.4, 0.5) is 13.2 Å². The number of rotatable bonds is 7.